The van der Waals surface area contributed by atoms with E-state index in [-0.39, 0.29) is 60.3 Å². The highest BCUT2D eigenvalue weighted by molar-refractivity contribution is 5.88. The number of benzene rings is 1. The summed E-state index contributed by atoms with van der Waals surface area (Å²) in [4.78, 5) is 60.9. The van der Waals surface area contributed by atoms with Gasteiger partial charge in [0.1, 0.15) is 11.5 Å². The van der Waals surface area contributed by atoms with E-state index < -0.39 is 22.9 Å². The molecule has 0 aliphatic rings. The van der Waals surface area contributed by atoms with E-state index in [1.165, 1.54) is 32.2 Å². The standard InChI is InChI=1S/C25H36N4O7/c1-17(30)15-18(25(33)27-3)9-6-7-10-20(26-2)22(31)13-14-24(32)36-23-12-8-11-21(29(34)35)19(23)16-28(4)5/h6-8,11-12,18,20,26H,9-10,13-16H2,1-5H3,(H,27,33). The Kier molecular flexibility index (Phi) is 13.2. The predicted octanol–water partition coefficient (Wildman–Crippen LogP) is 2.18. The largest absolute Gasteiger partial charge is 0.426 e. The van der Waals surface area contributed by atoms with Crippen LogP contribution in [0.4, 0.5) is 5.69 Å². The smallest absolute Gasteiger partial charge is 0.311 e. The zero-order valence-corrected chi connectivity index (χ0v) is 21.5. The molecule has 0 saturated heterocycles. The fourth-order valence-corrected chi connectivity index (χ4v) is 3.61. The summed E-state index contributed by atoms with van der Waals surface area (Å²) in [5.74, 6) is -1.52. The molecule has 11 heteroatoms. The maximum atomic E-state index is 12.6. The average molecular weight is 505 g/mol. The number of hydrogen-bond acceptors (Lipinski definition) is 9. The first-order valence-corrected chi connectivity index (χ1v) is 11.7. The number of nitrogens with one attached hydrogen (secondary N) is 2. The normalized spacial score (nSPS) is 12.8. The van der Waals surface area contributed by atoms with Crippen molar-refractivity contribution < 1.29 is 28.8 Å². The highest BCUT2D eigenvalue weighted by atomic mass is 16.6. The second-order valence-corrected chi connectivity index (χ2v) is 8.69. The Morgan fingerprint density at radius 3 is 2.33 bits per heavy atom. The van der Waals surface area contributed by atoms with Crippen LogP contribution in [0.25, 0.3) is 0 Å². The van der Waals surface area contributed by atoms with Gasteiger partial charge in [0.25, 0.3) is 5.69 Å². The van der Waals surface area contributed by atoms with E-state index in [1.54, 1.807) is 38.2 Å². The zero-order valence-electron chi connectivity index (χ0n) is 21.5. The molecule has 1 aromatic carbocycles. The number of nitro benzene ring substituents is 1. The molecule has 0 fully saturated rings. The number of allylic oxidation sites excluding steroid dienone is 1. The lowest BCUT2D eigenvalue weighted by molar-refractivity contribution is -0.385. The molecule has 0 aliphatic heterocycles. The monoisotopic (exact) mass is 504 g/mol. The van der Waals surface area contributed by atoms with Gasteiger partial charge in [0.15, 0.2) is 5.78 Å². The molecule has 0 aliphatic carbocycles. The number of nitrogens with zero attached hydrogens (tertiary/aromatic N) is 2. The summed E-state index contributed by atoms with van der Waals surface area (Å²) in [5, 5.41) is 16.8. The number of carbonyl (C=O) groups is 4. The number of Topliss-reactive ketones (excluding diaryl/α,β-unsaturated/α-hetero) is 2. The topological polar surface area (TPSA) is 148 Å². The molecule has 0 radical (unpaired) electrons. The Labute approximate surface area is 211 Å². The van der Waals surface area contributed by atoms with Gasteiger partial charge in [-0.15, -0.1) is 0 Å². The van der Waals surface area contributed by atoms with Crippen molar-refractivity contribution in [3.8, 4) is 5.75 Å². The van der Waals surface area contributed by atoms with Gasteiger partial charge in [-0.3, -0.25) is 24.5 Å². The van der Waals surface area contributed by atoms with Crippen LogP contribution in [0.1, 0.15) is 44.6 Å². The van der Waals surface area contributed by atoms with Gasteiger partial charge in [-0.2, -0.15) is 0 Å². The Morgan fingerprint density at radius 2 is 1.78 bits per heavy atom. The summed E-state index contributed by atoms with van der Waals surface area (Å²) >= 11 is 0. The Balaban J connectivity index is 2.70. The van der Waals surface area contributed by atoms with Crippen molar-refractivity contribution in [2.45, 2.75) is 51.6 Å². The summed E-state index contributed by atoms with van der Waals surface area (Å²) in [6, 6.07) is 3.74. The second-order valence-electron chi connectivity index (χ2n) is 8.69. The first-order valence-electron chi connectivity index (χ1n) is 11.7. The third-order valence-electron chi connectivity index (χ3n) is 5.43. The molecule has 36 heavy (non-hydrogen) atoms. The molecule has 11 nitrogen and oxygen atoms in total. The molecule has 2 unspecified atom stereocenters. The number of amides is 1. The van der Waals surface area contributed by atoms with E-state index >= 15 is 0 Å². The summed E-state index contributed by atoms with van der Waals surface area (Å²) in [6.45, 7) is 1.64. The molecule has 1 aromatic rings. The molecule has 0 bridgehead atoms. The van der Waals surface area contributed by atoms with Crippen LogP contribution in [0.2, 0.25) is 0 Å². The summed E-state index contributed by atoms with van der Waals surface area (Å²) in [6.07, 6.45) is 4.15. The van der Waals surface area contributed by atoms with Crippen LogP contribution in [0.15, 0.2) is 30.4 Å². The minimum Gasteiger partial charge on any atom is -0.426 e. The van der Waals surface area contributed by atoms with Crippen molar-refractivity contribution in [2.75, 3.05) is 28.2 Å². The highest BCUT2D eigenvalue weighted by Crippen LogP contribution is 2.29. The van der Waals surface area contributed by atoms with Crippen LogP contribution in [0, 0.1) is 16.0 Å². The Hall–Kier alpha value is -3.44. The molecule has 1 amide bonds. The van der Waals surface area contributed by atoms with E-state index in [1.807, 2.05) is 0 Å². The quantitative estimate of drug-likeness (QED) is 0.114. The molecule has 0 spiro atoms. The molecule has 0 saturated carbocycles. The van der Waals surface area contributed by atoms with Gasteiger partial charge in [0, 0.05) is 38.4 Å². The van der Waals surface area contributed by atoms with Crippen LogP contribution in [-0.2, 0) is 25.7 Å². The summed E-state index contributed by atoms with van der Waals surface area (Å²) in [5.41, 5.74) is 0.138. The summed E-state index contributed by atoms with van der Waals surface area (Å²) < 4.78 is 5.37. The molecule has 2 N–H and O–H groups in total. The van der Waals surface area contributed by atoms with Gasteiger partial charge >= 0.3 is 5.97 Å². The van der Waals surface area contributed by atoms with Gasteiger partial charge in [-0.25, -0.2) is 0 Å². The fraction of sp³-hybridized carbons (Fsp3) is 0.520. The van der Waals surface area contributed by atoms with Crippen molar-refractivity contribution in [2.24, 2.45) is 5.92 Å². The van der Waals surface area contributed by atoms with Gasteiger partial charge in [0.05, 0.1) is 22.9 Å². The van der Waals surface area contributed by atoms with Crippen molar-refractivity contribution in [3.05, 3.63) is 46.0 Å². The van der Waals surface area contributed by atoms with Crippen LogP contribution >= 0.6 is 0 Å². The predicted molar refractivity (Wildman–Crippen MR) is 134 cm³/mol. The maximum Gasteiger partial charge on any atom is 0.311 e. The van der Waals surface area contributed by atoms with E-state index in [4.69, 9.17) is 4.74 Å². The van der Waals surface area contributed by atoms with E-state index in [9.17, 15) is 29.3 Å². The van der Waals surface area contributed by atoms with Gasteiger partial charge < -0.3 is 25.1 Å². The van der Waals surface area contributed by atoms with Crippen LogP contribution < -0.4 is 15.4 Å². The number of hydrogen-bond donors (Lipinski definition) is 2. The second kappa shape index (κ2) is 15.5. The fourth-order valence-electron chi connectivity index (χ4n) is 3.61. The molecule has 0 heterocycles. The Morgan fingerprint density at radius 1 is 1.11 bits per heavy atom. The lowest BCUT2D eigenvalue weighted by Gasteiger charge is -2.15. The van der Waals surface area contributed by atoms with E-state index in [0.717, 1.165) is 0 Å². The van der Waals surface area contributed by atoms with Crippen molar-refractivity contribution in [1.29, 1.82) is 0 Å². The summed E-state index contributed by atoms with van der Waals surface area (Å²) in [7, 11) is 6.64. The number of likely N-dealkylation sites (N-methyl/N-ethyl adjacent to an activating group) is 1. The van der Waals surface area contributed by atoms with Gasteiger partial charge in [-0.1, -0.05) is 18.2 Å². The number of nitro groups is 1. The number of ketones is 2. The zero-order chi connectivity index (χ0) is 27.3. The average Bonchev–Trinajstić information content (AvgIpc) is 2.81. The third kappa shape index (κ3) is 10.4. The lowest BCUT2D eigenvalue weighted by Crippen LogP contribution is -2.34. The maximum absolute atomic E-state index is 12.6. The van der Waals surface area contributed by atoms with Crippen molar-refractivity contribution >= 4 is 29.1 Å². The molecule has 198 valence electrons. The number of ether oxygens (including phenoxy) is 1. The van der Waals surface area contributed by atoms with Gasteiger partial charge in [-0.05, 0) is 47.0 Å². The minimum atomic E-state index is -0.660. The van der Waals surface area contributed by atoms with Crippen LogP contribution in [-0.4, -0.2) is 67.5 Å². The van der Waals surface area contributed by atoms with E-state index in [2.05, 4.69) is 10.6 Å². The first kappa shape index (κ1) is 30.6. The molecular formula is C25H36N4O7. The molecule has 1 rings (SSSR count). The molecule has 2 atom stereocenters. The SMILES string of the molecule is CNC(=O)C(CC=CCC(NC)C(=O)CCC(=O)Oc1cccc([N+](=O)[O-])c1CN(C)C)CC(C)=O. The third-order valence-corrected chi connectivity index (χ3v) is 5.43. The Bertz CT molecular complexity index is 975. The van der Waals surface area contributed by atoms with Gasteiger partial charge in [0.2, 0.25) is 5.91 Å². The van der Waals surface area contributed by atoms with E-state index in [0.29, 0.717) is 12.8 Å². The number of esters is 1. The molecule has 0 aromatic heterocycles. The van der Waals surface area contributed by atoms with Crippen molar-refractivity contribution in [3.63, 3.8) is 0 Å². The van der Waals surface area contributed by atoms with Crippen molar-refractivity contribution in [1.82, 2.24) is 15.5 Å². The first-order chi connectivity index (χ1) is 17.0. The minimum absolute atomic E-state index is 0.0681. The molecular weight excluding hydrogens is 468 g/mol. The highest BCUT2D eigenvalue weighted by Gasteiger charge is 2.22. The van der Waals surface area contributed by atoms with Crippen LogP contribution in [0.3, 0.4) is 0 Å². The van der Waals surface area contributed by atoms with Crippen LogP contribution in [0.5, 0.6) is 5.75 Å². The number of carbonyl (C=O) groups excluding carboxylic acids is 4. The number of rotatable bonds is 16. The lowest BCUT2D eigenvalue weighted by atomic mass is 9.97.